The lowest BCUT2D eigenvalue weighted by Crippen LogP contribution is -2.13. The Labute approximate surface area is 97.8 Å². The summed E-state index contributed by atoms with van der Waals surface area (Å²) in [5.74, 6) is -0.538. The average molecular weight is 244 g/mol. The molecule has 94 valence electrons. The van der Waals surface area contributed by atoms with E-state index in [-0.39, 0.29) is 36.4 Å². The number of esters is 1. The summed E-state index contributed by atoms with van der Waals surface area (Å²) in [7, 11) is 0. The van der Waals surface area contributed by atoms with Gasteiger partial charge in [0.15, 0.2) is 0 Å². The van der Waals surface area contributed by atoms with E-state index in [0.29, 0.717) is 0 Å². The molecule has 17 heavy (non-hydrogen) atoms. The van der Waals surface area contributed by atoms with Crippen molar-refractivity contribution < 1.29 is 18.3 Å². The van der Waals surface area contributed by atoms with Crippen LogP contribution in [-0.4, -0.2) is 17.6 Å². The maximum atomic E-state index is 12.9. The molecule has 4 nitrogen and oxygen atoms in total. The fourth-order valence-electron chi connectivity index (χ4n) is 1.51. The van der Waals surface area contributed by atoms with Gasteiger partial charge in [-0.2, -0.15) is 0 Å². The van der Waals surface area contributed by atoms with E-state index in [4.69, 9.17) is 10.5 Å². The molecular weight excluding hydrogens is 230 g/mol. The smallest absolute Gasteiger partial charge is 0.310 e. The summed E-state index contributed by atoms with van der Waals surface area (Å²) < 4.78 is 30.4. The van der Waals surface area contributed by atoms with Crippen molar-refractivity contribution in [3.63, 3.8) is 0 Å². The average Bonchev–Trinajstić information content (AvgIpc) is 2.28. The Balaban J connectivity index is 3.02. The zero-order chi connectivity index (χ0) is 12.8. The number of hydrogen-bond donors (Lipinski definition) is 1. The standard InChI is InChI=1S/C11H14F2N2O2/c1-2-17-9(16)5-7-3-4-15-8(6-14)10(7)11(12)13/h3-4,11H,2,5-6,14H2,1H3. The molecule has 0 aliphatic rings. The number of hydrogen-bond acceptors (Lipinski definition) is 4. The maximum absolute atomic E-state index is 12.9. The van der Waals surface area contributed by atoms with Crippen LogP contribution in [0.5, 0.6) is 0 Å². The van der Waals surface area contributed by atoms with Crippen molar-refractivity contribution in [1.82, 2.24) is 4.98 Å². The molecule has 0 aliphatic carbocycles. The minimum absolute atomic E-state index is 0.0870. The molecule has 1 aromatic rings. The number of pyridine rings is 1. The molecule has 0 bridgehead atoms. The normalized spacial score (nSPS) is 10.6. The van der Waals surface area contributed by atoms with E-state index in [1.165, 1.54) is 12.3 Å². The summed E-state index contributed by atoms with van der Waals surface area (Å²) in [6.45, 7) is 1.79. The molecule has 0 saturated heterocycles. The van der Waals surface area contributed by atoms with Crippen molar-refractivity contribution in [1.29, 1.82) is 0 Å². The van der Waals surface area contributed by atoms with Crippen molar-refractivity contribution in [2.45, 2.75) is 26.3 Å². The highest BCUT2D eigenvalue weighted by molar-refractivity contribution is 5.73. The number of carbonyl (C=O) groups excluding carboxylic acids is 1. The van der Waals surface area contributed by atoms with Crippen LogP contribution in [0, 0.1) is 0 Å². The Hall–Kier alpha value is -1.56. The van der Waals surface area contributed by atoms with Gasteiger partial charge in [-0.3, -0.25) is 9.78 Å². The van der Waals surface area contributed by atoms with Crippen LogP contribution in [0.15, 0.2) is 12.3 Å². The largest absolute Gasteiger partial charge is 0.466 e. The lowest BCUT2D eigenvalue weighted by Gasteiger charge is -2.11. The Morgan fingerprint density at radius 3 is 2.82 bits per heavy atom. The van der Waals surface area contributed by atoms with Crippen LogP contribution < -0.4 is 5.73 Å². The third-order valence-corrected chi connectivity index (χ3v) is 2.21. The van der Waals surface area contributed by atoms with Crippen molar-refractivity contribution in [2.75, 3.05) is 6.61 Å². The molecule has 0 atom stereocenters. The molecule has 0 aromatic carbocycles. The third kappa shape index (κ3) is 3.45. The number of carbonyl (C=O) groups is 1. The van der Waals surface area contributed by atoms with Crippen LogP contribution in [0.2, 0.25) is 0 Å². The lowest BCUT2D eigenvalue weighted by molar-refractivity contribution is -0.142. The second-order valence-electron chi connectivity index (χ2n) is 3.32. The fourth-order valence-corrected chi connectivity index (χ4v) is 1.51. The van der Waals surface area contributed by atoms with E-state index in [1.807, 2.05) is 0 Å². The highest BCUT2D eigenvalue weighted by Crippen LogP contribution is 2.25. The van der Waals surface area contributed by atoms with Crippen molar-refractivity contribution in [3.05, 3.63) is 29.1 Å². The van der Waals surface area contributed by atoms with E-state index < -0.39 is 12.4 Å². The van der Waals surface area contributed by atoms with Gasteiger partial charge in [0.2, 0.25) is 0 Å². The monoisotopic (exact) mass is 244 g/mol. The van der Waals surface area contributed by atoms with E-state index in [9.17, 15) is 13.6 Å². The van der Waals surface area contributed by atoms with E-state index in [0.717, 1.165) is 0 Å². The summed E-state index contributed by atoms with van der Waals surface area (Å²) in [6.07, 6.45) is -1.53. The van der Waals surface area contributed by atoms with Crippen LogP contribution in [0.4, 0.5) is 8.78 Å². The van der Waals surface area contributed by atoms with Crippen LogP contribution in [0.25, 0.3) is 0 Å². The van der Waals surface area contributed by atoms with E-state index in [1.54, 1.807) is 6.92 Å². The van der Waals surface area contributed by atoms with Crippen LogP contribution in [0.1, 0.15) is 30.2 Å². The Kier molecular flexibility index (Phi) is 4.96. The molecule has 0 unspecified atom stereocenters. The summed E-state index contributed by atoms with van der Waals surface area (Å²) in [6, 6.07) is 1.39. The quantitative estimate of drug-likeness (QED) is 0.799. The first-order chi connectivity index (χ1) is 8.10. The second-order valence-corrected chi connectivity index (χ2v) is 3.32. The molecule has 0 amide bonds. The molecule has 0 spiro atoms. The number of alkyl halides is 2. The van der Waals surface area contributed by atoms with Crippen molar-refractivity contribution in [3.8, 4) is 0 Å². The van der Waals surface area contributed by atoms with Gasteiger partial charge in [-0.1, -0.05) is 0 Å². The van der Waals surface area contributed by atoms with Gasteiger partial charge in [0.1, 0.15) is 0 Å². The van der Waals surface area contributed by atoms with E-state index >= 15 is 0 Å². The Morgan fingerprint density at radius 2 is 2.29 bits per heavy atom. The molecular formula is C11H14F2N2O2. The molecule has 2 N–H and O–H groups in total. The van der Waals surface area contributed by atoms with Gasteiger partial charge in [0.25, 0.3) is 6.43 Å². The Morgan fingerprint density at radius 1 is 1.59 bits per heavy atom. The molecule has 0 saturated carbocycles. The zero-order valence-electron chi connectivity index (χ0n) is 9.45. The maximum Gasteiger partial charge on any atom is 0.310 e. The first-order valence-corrected chi connectivity index (χ1v) is 5.20. The minimum Gasteiger partial charge on any atom is -0.466 e. The minimum atomic E-state index is -2.70. The summed E-state index contributed by atoms with van der Waals surface area (Å²) in [4.78, 5) is 15.0. The molecule has 0 aliphatic heterocycles. The van der Waals surface area contributed by atoms with Crippen LogP contribution in [-0.2, 0) is 22.5 Å². The number of ether oxygens (including phenoxy) is 1. The number of nitrogens with two attached hydrogens (primary N) is 1. The molecule has 1 aromatic heterocycles. The van der Waals surface area contributed by atoms with Gasteiger partial charge < -0.3 is 10.5 Å². The summed E-state index contributed by atoms with van der Waals surface area (Å²) >= 11 is 0. The third-order valence-electron chi connectivity index (χ3n) is 2.21. The van der Waals surface area contributed by atoms with Gasteiger partial charge in [0.05, 0.1) is 18.7 Å². The molecule has 0 radical (unpaired) electrons. The first-order valence-electron chi connectivity index (χ1n) is 5.20. The summed E-state index contributed by atoms with van der Waals surface area (Å²) in [5.41, 5.74) is 5.40. The fraction of sp³-hybridized carbons (Fsp3) is 0.455. The predicted molar refractivity (Wildman–Crippen MR) is 57.4 cm³/mol. The highest BCUT2D eigenvalue weighted by Gasteiger charge is 2.20. The number of rotatable bonds is 5. The first kappa shape index (κ1) is 13.5. The summed E-state index contributed by atoms with van der Waals surface area (Å²) in [5, 5.41) is 0. The number of nitrogens with zero attached hydrogens (tertiary/aromatic N) is 1. The number of halogens is 2. The van der Waals surface area contributed by atoms with Crippen LogP contribution >= 0.6 is 0 Å². The molecule has 6 heteroatoms. The topological polar surface area (TPSA) is 65.2 Å². The van der Waals surface area contributed by atoms with Crippen LogP contribution in [0.3, 0.4) is 0 Å². The number of aromatic nitrogens is 1. The highest BCUT2D eigenvalue weighted by atomic mass is 19.3. The van der Waals surface area contributed by atoms with Gasteiger partial charge >= 0.3 is 5.97 Å². The van der Waals surface area contributed by atoms with Gasteiger partial charge in [0, 0.05) is 18.3 Å². The molecule has 1 rings (SSSR count). The van der Waals surface area contributed by atoms with Gasteiger partial charge in [-0.05, 0) is 18.6 Å². The second kappa shape index (κ2) is 6.24. The zero-order valence-corrected chi connectivity index (χ0v) is 9.45. The predicted octanol–water partition coefficient (Wildman–Crippen LogP) is 1.58. The molecule has 0 fully saturated rings. The SMILES string of the molecule is CCOC(=O)Cc1ccnc(CN)c1C(F)F. The lowest BCUT2D eigenvalue weighted by atomic mass is 10.0. The van der Waals surface area contributed by atoms with Gasteiger partial charge in [-0.15, -0.1) is 0 Å². The molecule has 1 heterocycles. The Bertz CT molecular complexity index is 397. The van der Waals surface area contributed by atoms with E-state index in [2.05, 4.69) is 4.98 Å². The van der Waals surface area contributed by atoms with Gasteiger partial charge in [-0.25, -0.2) is 8.78 Å². The van der Waals surface area contributed by atoms with Crippen molar-refractivity contribution >= 4 is 5.97 Å². The van der Waals surface area contributed by atoms with Crippen molar-refractivity contribution in [2.24, 2.45) is 5.73 Å².